The summed E-state index contributed by atoms with van der Waals surface area (Å²) in [6.07, 6.45) is 1.19. The van der Waals surface area contributed by atoms with Gasteiger partial charge in [0.05, 0.1) is 10.7 Å². The van der Waals surface area contributed by atoms with E-state index >= 15 is 0 Å². The zero-order valence-corrected chi connectivity index (χ0v) is 14.6. The number of carbonyl (C=O) groups excluding carboxylic acids is 2. The van der Waals surface area contributed by atoms with Crippen LogP contribution in [-0.2, 0) is 9.53 Å². The molecule has 0 bridgehead atoms. The third-order valence-electron chi connectivity index (χ3n) is 3.99. The van der Waals surface area contributed by atoms with Gasteiger partial charge in [-0.05, 0) is 55.7 Å². The lowest BCUT2D eigenvalue weighted by Gasteiger charge is -2.12. The van der Waals surface area contributed by atoms with E-state index in [2.05, 4.69) is 10.6 Å². The summed E-state index contributed by atoms with van der Waals surface area (Å²) in [5.74, 6) is -0.476. The van der Waals surface area contributed by atoms with Gasteiger partial charge in [-0.2, -0.15) is 0 Å². The SMILES string of the molecule is Cc1ccc(NC(=O)c2cccc(NC(=O)C3CCCO3)c2)c(Cl)c1. The molecule has 2 aromatic carbocycles. The second-order valence-corrected chi connectivity index (χ2v) is 6.42. The smallest absolute Gasteiger partial charge is 0.255 e. The number of anilines is 2. The van der Waals surface area contributed by atoms with E-state index in [4.69, 9.17) is 16.3 Å². The molecule has 0 aliphatic carbocycles. The van der Waals surface area contributed by atoms with Gasteiger partial charge < -0.3 is 15.4 Å². The Bertz CT molecular complexity index is 801. The van der Waals surface area contributed by atoms with Crippen LogP contribution in [0.2, 0.25) is 5.02 Å². The lowest BCUT2D eigenvalue weighted by Crippen LogP contribution is -2.27. The molecule has 0 radical (unpaired) electrons. The highest BCUT2D eigenvalue weighted by molar-refractivity contribution is 6.34. The molecule has 1 atom stereocenters. The van der Waals surface area contributed by atoms with Gasteiger partial charge in [0, 0.05) is 17.9 Å². The summed E-state index contributed by atoms with van der Waals surface area (Å²) < 4.78 is 5.36. The molecule has 2 N–H and O–H groups in total. The fraction of sp³-hybridized carbons (Fsp3) is 0.263. The van der Waals surface area contributed by atoms with Gasteiger partial charge in [-0.15, -0.1) is 0 Å². The Balaban J connectivity index is 1.69. The fourth-order valence-electron chi connectivity index (χ4n) is 2.66. The van der Waals surface area contributed by atoms with E-state index in [0.29, 0.717) is 28.6 Å². The highest BCUT2D eigenvalue weighted by Crippen LogP contribution is 2.24. The maximum absolute atomic E-state index is 12.4. The largest absolute Gasteiger partial charge is 0.368 e. The number of carbonyl (C=O) groups is 2. The van der Waals surface area contributed by atoms with Crippen LogP contribution in [0.25, 0.3) is 0 Å². The Morgan fingerprint density at radius 3 is 2.72 bits per heavy atom. The van der Waals surface area contributed by atoms with Crippen LogP contribution >= 0.6 is 11.6 Å². The minimum absolute atomic E-state index is 0.184. The van der Waals surface area contributed by atoms with Crippen molar-refractivity contribution in [1.29, 1.82) is 0 Å². The molecule has 1 fully saturated rings. The summed E-state index contributed by atoms with van der Waals surface area (Å²) >= 11 is 6.15. The van der Waals surface area contributed by atoms with Crippen molar-refractivity contribution in [3.05, 3.63) is 58.6 Å². The van der Waals surface area contributed by atoms with Crippen LogP contribution in [-0.4, -0.2) is 24.5 Å². The number of rotatable bonds is 4. The molecule has 0 saturated carbocycles. The molecule has 3 rings (SSSR count). The van der Waals surface area contributed by atoms with Crippen molar-refractivity contribution >= 4 is 34.8 Å². The summed E-state index contributed by atoms with van der Waals surface area (Å²) in [4.78, 5) is 24.5. The van der Waals surface area contributed by atoms with Crippen LogP contribution < -0.4 is 10.6 Å². The molecule has 1 heterocycles. The quantitative estimate of drug-likeness (QED) is 0.867. The zero-order valence-electron chi connectivity index (χ0n) is 13.8. The van der Waals surface area contributed by atoms with Crippen molar-refractivity contribution in [2.45, 2.75) is 25.9 Å². The van der Waals surface area contributed by atoms with Gasteiger partial charge in [0.15, 0.2) is 0 Å². The topological polar surface area (TPSA) is 67.4 Å². The van der Waals surface area contributed by atoms with Gasteiger partial charge in [-0.1, -0.05) is 23.7 Å². The number of amides is 2. The first-order chi connectivity index (χ1) is 12.0. The minimum Gasteiger partial charge on any atom is -0.368 e. The first-order valence-corrected chi connectivity index (χ1v) is 8.51. The number of aryl methyl sites for hydroxylation is 1. The number of hydrogen-bond donors (Lipinski definition) is 2. The molecule has 1 aliphatic heterocycles. The molecule has 25 heavy (non-hydrogen) atoms. The molecule has 2 amide bonds. The first-order valence-electron chi connectivity index (χ1n) is 8.13. The van der Waals surface area contributed by atoms with Gasteiger partial charge in [0.25, 0.3) is 11.8 Å². The minimum atomic E-state index is -0.413. The molecule has 0 aromatic heterocycles. The normalized spacial score (nSPS) is 16.5. The standard InChI is InChI=1S/C19H19ClN2O3/c1-12-7-8-16(15(20)10-12)22-18(23)13-4-2-5-14(11-13)21-19(24)17-6-3-9-25-17/h2,4-5,7-8,10-11,17H,3,6,9H2,1H3,(H,21,24)(H,22,23). The molecule has 2 aromatic rings. The summed E-state index contributed by atoms with van der Waals surface area (Å²) in [7, 11) is 0. The van der Waals surface area contributed by atoms with Crippen LogP contribution in [0.4, 0.5) is 11.4 Å². The first kappa shape index (κ1) is 17.5. The molecule has 5 nitrogen and oxygen atoms in total. The van der Waals surface area contributed by atoms with Gasteiger partial charge in [-0.25, -0.2) is 0 Å². The van der Waals surface area contributed by atoms with Crippen molar-refractivity contribution in [2.75, 3.05) is 17.2 Å². The van der Waals surface area contributed by atoms with E-state index in [-0.39, 0.29) is 11.8 Å². The summed E-state index contributed by atoms with van der Waals surface area (Å²) in [5, 5.41) is 6.06. The van der Waals surface area contributed by atoms with E-state index in [0.717, 1.165) is 18.4 Å². The highest BCUT2D eigenvalue weighted by atomic mass is 35.5. The van der Waals surface area contributed by atoms with Crippen LogP contribution in [0, 0.1) is 6.92 Å². The summed E-state index contributed by atoms with van der Waals surface area (Å²) in [6.45, 7) is 2.54. The average molecular weight is 359 g/mol. The van der Waals surface area contributed by atoms with E-state index in [1.54, 1.807) is 36.4 Å². The van der Waals surface area contributed by atoms with E-state index in [1.165, 1.54) is 0 Å². The molecule has 1 unspecified atom stereocenters. The van der Waals surface area contributed by atoms with Crippen LogP contribution in [0.1, 0.15) is 28.8 Å². The second kappa shape index (κ2) is 7.68. The Hall–Kier alpha value is -2.37. The number of hydrogen-bond acceptors (Lipinski definition) is 3. The second-order valence-electron chi connectivity index (χ2n) is 6.01. The highest BCUT2D eigenvalue weighted by Gasteiger charge is 2.23. The van der Waals surface area contributed by atoms with Gasteiger partial charge in [0.2, 0.25) is 0 Å². The third kappa shape index (κ3) is 4.38. The fourth-order valence-corrected chi connectivity index (χ4v) is 2.94. The number of nitrogens with one attached hydrogen (secondary N) is 2. The molecule has 1 saturated heterocycles. The van der Waals surface area contributed by atoms with Crippen LogP contribution in [0.3, 0.4) is 0 Å². The number of ether oxygens (including phenoxy) is 1. The molecular formula is C19H19ClN2O3. The summed E-state index contributed by atoms with van der Waals surface area (Å²) in [5.41, 5.74) is 2.55. The van der Waals surface area contributed by atoms with Gasteiger partial charge >= 0.3 is 0 Å². The van der Waals surface area contributed by atoms with E-state index in [9.17, 15) is 9.59 Å². The Morgan fingerprint density at radius 1 is 1.16 bits per heavy atom. The molecular weight excluding hydrogens is 340 g/mol. The van der Waals surface area contributed by atoms with Crippen molar-refractivity contribution < 1.29 is 14.3 Å². The molecule has 1 aliphatic rings. The van der Waals surface area contributed by atoms with Crippen molar-refractivity contribution in [3.63, 3.8) is 0 Å². The lowest BCUT2D eigenvalue weighted by molar-refractivity contribution is -0.124. The average Bonchev–Trinajstić information content (AvgIpc) is 3.12. The zero-order chi connectivity index (χ0) is 17.8. The van der Waals surface area contributed by atoms with Gasteiger partial charge in [0.1, 0.15) is 6.10 Å². The molecule has 130 valence electrons. The Labute approximate surface area is 151 Å². The monoisotopic (exact) mass is 358 g/mol. The third-order valence-corrected chi connectivity index (χ3v) is 4.30. The maximum atomic E-state index is 12.4. The lowest BCUT2D eigenvalue weighted by atomic mass is 10.1. The number of halogens is 1. The summed E-state index contributed by atoms with van der Waals surface area (Å²) in [6, 6.07) is 12.2. The predicted octanol–water partition coefficient (Wildman–Crippen LogP) is 4.02. The van der Waals surface area contributed by atoms with E-state index in [1.807, 2.05) is 13.0 Å². The van der Waals surface area contributed by atoms with E-state index < -0.39 is 6.10 Å². The van der Waals surface area contributed by atoms with Crippen LogP contribution in [0.15, 0.2) is 42.5 Å². The number of benzene rings is 2. The van der Waals surface area contributed by atoms with Crippen molar-refractivity contribution in [3.8, 4) is 0 Å². The predicted molar refractivity (Wildman–Crippen MR) is 98.2 cm³/mol. The molecule has 6 heteroatoms. The Morgan fingerprint density at radius 2 is 2.00 bits per heavy atom. The molecule has 0 spiro atoms. The Kier molecular flexibility index (Phi) is 5.36. The van der Waals surface area contributed by atoms with Crippen LogP contribution in [0.5, 0.6) is 0 Å². The van der Waals surface area contributed by atoms with Gasteiger partial charge in [-0.3, -0.25) is 9.59 Å². The maximum Gasteiger partial charge on any atom is 0.255 e. The van der Waals surface area contributed by atoms with Crippen molar-refractivity contribution in [2.24, 2.45) is 0 Å². The van der Waals surface area contributed by atoms with Crippen molar-refractivity contribution in [1.82, 2.24) is 0 Å².